The molecule has 0 amide bonds. The van der Waals surface area contributed by atoms with Gasteiger partial charge in [-0.15, -0.1) is 0 Å². The minimum atomic E-state index is 0. The number of quaternary nitrogens is 1. The molecule has 1 nitrogen and oxygen atoms in total. The van der Waals surface area contributed by atoms with Crippen molar-refractivity contribution in [3.63, 3.8) is 0 Å². The van der Waals surface area contributed by atoms with Crippen molar-refractivity contribution >= 4 is 0 Å². The van der Waals surface area contributed by atoms with E-state index in [-0.39, 0.29) is 1.43 Å². The van der Waals surface area contributed by atoms with E-state index >= 15 is 0 Å². The molecule has 20 heavy (non-hydrogen) atoms. The highest BCUT2D eigenvalue weighted by Gasteiger charge is 2.04. The maximum absolute atomic E-state index is 2.29. The van der Waals surface area contributed by atoms with E-state index in [0.29, 0.717) is 0 Å². The predicted octanol–water partition coefficient (Wildman–Crippen LogP) is 6.42. The number of unbranched alkanes of at least 4 members (excludes halogenated alkanes) is 13. The number of hydrogen-bond donors (Lipinski definition) is 0. The van der Waals surface area contributed by atoms with E-state index in [9.17, 15) is 0 Å². The lowest BCUT2D eigenvalue weighted by Gasteiger charge is -2.23. The second kappa shape index (κ2) is 13.9. The molecule has 0 saturated carbocycles. The lowest BCUT2D eigenvalue weighted by molar-refractivity contribution is -0.870. The Morgan fingerprint density at radius 2 is 0.800 bits per heavy atom. The quantitative estimate of drug-likeness (QED) is 0.241. The normalized spacial score (nSPS) is 12.0. The first-order chi connectivity index (χ1) is 9.56. The Hall–Kier alpha value is -0.0400. The molecule has 0 bridgehead atoms. The Bertz CT molecular complexity index is 186. The third kappa shape index (κ3) is 18.0. The maximum atomic E-state index is 2.29. The lowest BCUT2D eigenvalue weighted by Crippen LogP contribution is -2.35. The van der Waals surface area contributed by atoms with Crippen molar-refractivity contribution in [2.24, 2.45) is 0 Å². The molecule has 0 spiro atoms. The Morgan fingerprint density at radius 3 is 1.10 bits per heavy atom. The van der Waals surface area contributed by atoms with Crippen LogP contribution in [-0.4, -0.2) is 32.2 Å². The second-order valence-electron chi connectivity index (χ2n) is 7.61. The van der Waals surface area contributed by atoms with Crippen LogP contribution in [0.15, 0.2) is 0 Å². The highest BCUT2D eigenvalue weighted by Crippen LogP contribution is 2.13. The monoisotopic (exact) mass is 286 g/mol. The summed E-state index contributed by atoms with van der Waals surface area (Å²) in [6, 6.07) is 0. The molecule has 0 radical (unpaired) electrons. The van der Waals surface area contributed by atoms with Gasteiger partial charge >= 0.3 is 0 Å². The maximum Gasteiger partial charge on any atom is 0.0780 e. The van der Waals surface area contributed by atoms with Gasteiger partial charge in [0.25, 0.3) is 0 Å². The Labute approximate surface area is 131 Å². The zero-order chi connectivity index (χ0) is 15.1. The molecular weight excluding hydrogens is 242 g/mol. The van der Waals surface area contributed by atoms with Crippen molar-refractivity contribution in [1.82, 2.24) is 0 Å². The molecule has 1 heteroatoms. The number of hydrogen-bond acceptors (Lipinski definition) is 0. The van der Waals surface area contributed by atoms with Gasteiger partial charge in [-0.1, -0.05) is 84.0 Å². The molecule has 0 aliphatic heterocycles. The van der Waals surface area contributed by atoms with Crippen LogP contribution < -0.4 is 0 Å². The molecule has 0 rings (SSSR count). The zero-order valence-corrected chi connectivity index (χ0v) is 15.1. The summed E-state index contributed by atoms with van der Waals surface area (Å²) in [6.07, 6.45) is 20.4. The van der Waals surface area contributed by atoms with Crippen LogP contribution in [0.1, 0.15) is 98.2 Å². The Morgan fingerprint density at radius 1 is 0.500 bits per heavy atom. The number of nitrogens with zero attached hydrogens (tertiary/aromatic N) is 1. The lowest BCUT2D eigenvalue weighted by atomic mass is 10.0. The van der Waals surface area contributed by atoms with Crippen LogP contribution in [0, 0.1) is 0 Å². The summed E-state index contributed by atoms with van der Waals surface area (Å²) in [5, 5.41) is 0. The minimum absolute atomic E-state index is 0. The van der Waals surface area contributed by atoms with Crippen LogP contribution in [-0.2, 0) is 0 Å². The van der Waals surface area contributed by atoms with Gasteiger partial charge in [-0.05, 0) is 12.8 Å². The molecule has 0 aliphatic rings. The Balaban J connectivity index is 0. The molecule has 0 aromatic carbocycles. The largest absolute Gasteiger partial charge is 0.331 e. The van der Waals surface area contributed by atoms with E-state index < -0.39 is 0 Å². The van der Waals surface area contributed by atoms with E-state index in [1.165, 1.54) is 96.4 Å². The van der Waals surface area contributed by atoms with E-state index in [1.807, 2.05) is 0 Å². The van der Waals surface area contributed by atoms with Gasteiger partial charge in [0.15, 0.2) is 0 Å². The summed E-state index contributed by atoms with van der Waals surface area (Å²) < 4.78 is 1.12. The molecule has 0 saturated heterocycles. The standard InChI is InChI=1S/C19H42N.H2/c1-5-6-7-8-9-10-11-12-13-14-15-16-17-18-19-20(2,3)4;/h5-19H2,1-4H3;1H/q+1;. The smallest absolute Gasteiger partial charge is 0.0780 e. The van der Waals surface area contributed by atoms with Crippen molar-refractivity contribution in [2.45, 2.75) is 96.8 Å². The summed E-state index contributed by atoms with van der Waals surface area (Å²) in [6.45, 7) is 3.63. The molecular formula is C19H44N+. The first-order valence-electron chi connectivity index (χ1n) is 9.36. The van der Waals surface area contributed by atoms with Crippen molar-refractivity contribution in [3.8, 4) is 0 Å². The minimum Gasteiger partial charge on any atom is -0.331 e. The molecule has 0 atom stereocenters. The Kier molecular flexibility index (Phi) is 13.9. The van der Waals surface area contributed by atoms with Crippen LogP contribution in [0.2, 0.25) is 0 Å². The fraction of sp³-hybridized carbons (Fsp3) is 1.00. The molecule has 0 aromatic heterocycles. The van der Waals surface area contributed by atoms with Gasteiger partial charge in [0.1, 0.15) is 0 Å². The van der Waals surface area contributed by atoms with Gasteiger partial charge in [0.2, 0.25) is 0 Å². The van der Waals surface area contributed by atoms with Gasteiger partial charge in [-0.25, -0.2) is 0 Å². The van der Waals surface area contributed by atoms with Crippen LogP contribution in [0.5, 0.6) is 0 Å². The van der Waals surface area contributed by atoms with Crippen molar-refractivity contribution in [3.05, 3.63) is 0 Å². The molecule has 0 aromatic rings. The van der Waals surface area contributed by atoms with Crippen LogP contribution >= 0.6 is 0 Å². The summed E-state index contributed by atoms with van der Waals surface area (Å²) in [7, 11) is 6.88. The molecule has 0 aliphatic carbocycles. The SMILES string of the molecule is CCCCCCCCCCCCCCCC[N+](C)(C)C.[HH]. The molecule has 124 valence electrons. The van der Waals surface area contributed by atoms with Gasteiger partial charge in [-0.2, -0.15) is 0 Å². The van der Waals surface area contributed by atoms with Gasteiger partial charge in [-0.3, -0.25) is 0 Å². The fourth-order valence-electron chi connectivity index (χ4n) is 2.78. The van der Waals surface area contributed by atoms with Crippen molar-refractivity contribution in [2.75, 3.05) is 27.7 Å². The summed E-state index contributed by atoms with van der Waals surface area (Å²) in [4.78, 5) is 0. The average molecular weight is 287 g/mol. The first-order valence-corrected chi connectivity index (χ1v) is 9.36. The molecule has 0 N–H and O–H groups in total. The average Bonchev–Trinajstić information content (AvgIpc) is 2.38. The number of rotatable bonds is 15. The van der Waals surface area contributed by atoms with Crippen LogP contribution in [0.25, 0.3) is 0 Å². The highest BCUT2D eigenvalue weighted by molar-refractivity contribution is 4.49. The summed E-state index contributed by atoms with van der Waals surface area (Å²) in [5.41, 5.74) is 0. The van der Waals surface area contributed by atoms with E-state index in [0.717, 1.165) is 4.48 Å². The van der Waals surface area contributed by atoms with Gasteiger partial charge in [0.05, 0.1) is 27.7 Å². The second-order valence-corrected chi connectivity index (χ2v) is 7.61. The summed E-state index contributed by atoms with van der Waals surface area (Å²) >= 11 is 0. The predicted molar refractivity (Wildman–Crippen MR) is 95.3 cm³/mol. The van der Waals surface area contributed by atoms with Gasteiger partial charge in [0, 0.05) is 1.43 Å². The van der Waals surface area contributed by atoms with E-state index in [1.54, 1.807) is 0 Å². The van der Waals surface area contributed by atoms with Crippen LogP contribution in [0.4, 0.5) is 0 Å². The third-order valence-electron chi connectivity index (χ3n) is 4.18. The van der Waals surface area contributed by atoms with Gasteiger partial charge < -0.3 is 4.48 Å². The van der Waals surface area contributed by atoms with Crippen molar-refractivity contribution < 1.29 is 5.91 Å². The third-order valence-corrected chi connectivity index (χ3v) is 4.18. The molecule has 0 heterocycles. The first kappa shape index (κ1) is 20.0. The molecule has 0 unspecified atom stereocenters. The summed E-state index contributed by atoms with van der Waals surface area (Å²) in [5.74, 6) is 0. The van der Waals surface area contributed by atoms with E-state index in [2.05, 4.69) is 28.1 Å². The fourth-order valence-corrected chi connectivity index (χ4v) is 2.78. The topological polar surface area (TPSA) is 0 Å². The van der Waals surface area contributed by atoms with Crippen LogP contribution in [0.3, 0.4) is 0 Å². The zero-order valence-electron chi connectivity index (χ0n) is 15.1. The van der Waals surface area contributed by atoms with E-state index in [4.69, 9.17) is 0 Å². The highest BCUT2D eigenvalue weighted by atomic mass is 15.3. The van der Waals surface area contributed by atoms with Crippen molar-refractivity contribution in [1.29, 1.82) is 0 Å². The molecule has 0 fully saturated rings.